The molecular weight excluding hydrogens is 264 g/mol. The average Bonchev–Trinajstić information content (AvgIpc) is 2.80. The minimum Gasteiger partial charge on any atom is -0.385 e. The van der Waals surface area contributed by atoms with Crippen molar-refractivity contribution in [2.45, 2.75) is 13.3 Å². The van der Waals surface area contributed by atoms with E-state index in [9.17, 15) is 9.59 Å². The molecule has 0 atom stereocenters. The van der Waals surface area contributed by atoms with E-state index in [0.717, 1.165) is 11.3 Å². The summed E-state index contributed by atoms with van der Waals surface area (Å²) in [7, 11) is 3.25. The standard InChI is InChI=1S/C13H20N2O3S/c1-10-5-6-11(19-10)13(17)15(2)9-12(16)14-7-4-8-18-3/h5-6H,4,7-9H2,1-3H3,(H,14,16). The molecule has 6 heteroatoms. The lowest BCUT2D eigenvalue weighted by atomic mass is 10.3. The van der Waals surface area contributed by atoms with Gasteiger partial charge in [0.05, 0.1) is 11.4 Å². The highest BCUT2D eigenvalue weighted by atomic mass is 32.1. The lowest BCUT2D eigenvalue weighted by Crippen LogP contribution is -2.38. The van der Waals surface area contributed by atoms with Crippen LogP contribution in [0.4, 0.5) is 0 Å². The summed E-state index contributed by atoms with van der Waals surface area (Å²) in [6, 6.07) is 3.69. The number of nitrogens with one attached hydrogen (secondary N) is 1. The third-order valence-corrected chi connectivity index (χ3v) is 3.51. The van der Waals surface area contributed by atoms with Crippen LogP contribution in [0.2, 0.25) is 0 Å². The molecule has 106 valence electrons. The molecule has 1 heterocycles. The summed E-state index contributed by atoms with van der Waals surface area (Å²) in [5, 5.41) is 2.75. The Kier molecular flexibility index (Phi) is 6.52. The van der Waals surface area contributed by atoms with Crippen molar-refractivity contribution in [2.24, 2.45) is 0 Å². The number of hydrogen-bond acceptors (Lipinski definition) is 4. The van der Waals surface area contributed by atoms with Gasteiger partial charge in [0.15, 0.2) is 0 Å². The number of aryl methyl sites for hydroxylation is 1. The van der Waals surface area contributed by atoms with E-state index in [0.29, 0.717) is 18.0 Å². The van der Waals surface area contributed by atoms with Crippen LogP contribution in [0.15, 0.2) is 12.1 Å². The minimum absolute atomic E-state index is 0.0722. The number of nitrogens with zero attached hydrogens (tertiary/aromatic N) is 1. The zero-order valence-corrected chi connectivity index (χ0v) is 12.4. The Bertz CT molecular complexity index is 431. The molecule has 0 aromatic carbocycles. The van der Waals surface area contributed by atoms with Crippen LogP contribution in [0.3, 0.4) is 0 Å². The number of carbonyl (C=O) groups excluding carboxylic acids is 2. The van der Waals surface area contributed by atoms with Crippen LogP contribution in [0.25, 0.3) is 0 Å². The lowest BCUT2D eigenvalue weighted by Gasteiger charge is -2.15. The van der Waals surface area contributed by atoms with Crippen LogP contribution < -0.4 is 5.32 Å². The van der Waals surface area contributed by atoms with Gasteiger partial charge in [-0.2, -0.15) is 0 Å². The van der Waals surface area contributed by atoms with Gasteiger partial charge in [-0.05, 0) is 25.5 Å². The van der Waals surface area contributed by atoms with Crippen LogP contribution in [0.5, 0.6) is 0 Å². The van der Waals surface area contributed by atoms with Crippen LogP contribution in [0.1, 0.15) is 21.0 Å². The molecule has 1 rings (SSSR count). The quantitative estimate of drug-likeness (QED) is 0.767. The number of hydrogen-bond donors (Lipinski definition) is 1. The predicted octanol–water partition coefficient (Wildman–Crippen LogP) is 1.28. The van der Waals surface area contributed by atoms with E-state index in [2.05, 4.69) is 5.32 Å². The third kappa shape index (κ3) is 5.40. The predicted molar refractivity (Wildman–Crippen MR) is 75.5 cm³/mol. The third-order valence-electron chi connectivity index (χ3n) is 2.53. The molecule has 19 heavy (non-hydrogen) atoms. The van der Waals surface area contributed by atoms with E-state index >= 15 is 0 Å². The molecule has 0 aliphatic heterocycles. The summed E-state index contributed by atoms with van der Waals surface area (Å²) < 4.78 is 4.89. The first-order valence-corrected chi connectivity index (χ1v) is 6.93. The Labute approximate surface area is 117 Å². The Balaban J connectivity index is 2.35. The second-order valence-electron chi connectivity index (χ2n) is 4.27. The molecule has 0 aliphatic carbocycles. The number of amides is 2. The van der Waals surface area contributed by atoms with Crippen molar-refractivity contribution in [1.82, 2.24) is 10.2 Å². The van der Waals surface area contributed by atoms with Gasteiger partial charge in [0.1, 0.15) is 0 Å². The Hall–Kier alpha value is -1.40. The monoisotopic (exact) mass is 284 g/mol. The molecule has 0 spiro atoms. The summed E-state index contributed by atoms with van der Waals surface area (Å²) in [6.07, 6.45) is 0.768. The fraction of sp³-hybridized carbons (Fsp3) is 0.538. The van der Waals surface area contributed by atoms with Gasteiger partial charge >= 0.3 is 0 Å². The lowest BCUT2D eigenvalue weighted by molar-refractivity contribution is -0.121. The molecule has 1 aromatic rings. The number of methoxy groups -OCH3 is 1. The van der Waals surface area contributed by atoms with Crippen molar-refractivity contribution in [3.05, 3.63) is 21.9 Å². The zero-order valence-electron chi connectivity index (χ0n) is 11.6. The topological polar surface area (TPSA) is 58.6 Å². The highest BCUT2D eigenvalue weighted by Gasteiger charge is 2.15. The number of rotatable bonds is 7. The molecule has 0 saturated heterocycles. The van der Waals surface area contributed by atoms with Crippen LogP contribution in [0, 0.1) is 6.92 Å². The Morgan fingerprint density at radius 1 is 1.42 bits per heavy atom. The second-order valence-corrected chi connectivity index (χ2v) is 5.56. The van der Waals surface area contributed by atoms with Gasteiger partial charge in [-0.3, -0.25) is 9.59 Å². The Morgan fingerprint density at radius 3 is 2.74 bits per heavy atom. The molecule has 5 nitrogen and oxygen atoms in total. The highest BCUT2D eigenvalue weighted by molar-refractivity contribution is 7.13. The van der Waals surface area contributed by atoms with Crippen LogP contribution >= 0.6 is 11.3 Å². The first-order valence-electron chi connectivity index (χ1n) is 6.12. The van der Waals surface area contributed by atoms with E-state index in [4.69, 9.17) is 4.74 Å². The fourth-order valence-electron chi connectivity index (χ4n) is 1.53. The second kappa shape index (κ2) is 7.91. The van der Waals surface area contributed by atoms with E-state index in [1.807, 2.05) is 13.0 Å². The summed E-state index contributed by atoms with van der Waals surface area (Å²) in [5.41, 5.74) is 0. The van der Waals surface area contributed by atoms with Gasteiger partial charge in [0.25, 0.3) is 5.91 Å². The van der Waals surface area contributed by atoms with Gasteiger partial charge in [-0.15, -0.1) is 11.3 Å². The van der Waals surface area contributed by atoms with Gasteiger partial charge in [-0.1, -0.05) is 0 Å². The van der Waals surface area contributed by atoms with Gasteiger partial charge in [0.2, 0.25) is 5.91 Å². The number of thiophene rings is 1. The summed E-state index contributed by atoms with van der Waals surface area (Å²) in [5.74, 6) is -0.273. The van der Waals surface area contributed by atoms with Crippen LogP contribution in [-0.4, -0.2) is 50.6 Å². The maximum absolute atomic E-state index is 12.0. The molecule has 0 saturated carbocycles. The normalized spacial score (nSPS) is 10.3. The largest absolute Gasteiger partial charge is 0.385 e. The summed E-state index contributed by atoms with van der Waals surface area (Å²) in [6.45, 7) is 3.20. The maximum atomic E-state index is 12.0. The first kappa shape index (κ1) is 15.7. The van der Waals surface area contributed by atoms with Crippen molar-refractivity contribution in [3.8, 4) is 0 Å². The highest BCUT2D eigenvalue weighted by Crippen LogP contribution is 2.16. The molecule has 1 aromatic heterocycles. The zero-order chi connectivity index (χ0) is 14.3. The average molecular weight is 284 g/mol. The summed E-state index contributed by atoms with van der Waals surface area (Å²) >= 11 is 1.44. The number of ether oxygens (including phenoxy) is 1. The van der Waals surface area contributed by atoms with Crippen molar-refractivity contribution in [1.29, 1.82) is 0 Å². The maximum Gasteiger partial charge on any atom is 0.264 e. The summed E-state index contributed by atoms with van der Waals surface area (Å²) in [4.78, 5) is 26.8. The van der Waals surface area contributed by atoms with Gasteiger partial charge in [-0.25, -0.2) is 0 Å². The molecule has 0 unspecified atom stereocenters. The van der Waals surface area contributed by atoms with Crippen molar-refractivity contribution in [3.63, 3.8) is 0 Å². The minimum atomic E-state index is -0.153. The smallest absolute Gasteiger partial charge is 0.264 e. The molecule has 0 radical (unpaired) electrons. The van der Waals surface area contributed by atoms with Gasteiger partial charge in [0, 0.05) is 32.2 Å². The van der Waals surface area contributed by atoms with Gasteiger partial charge < -0.3 is 15.0 Å². The fourth-order valence-corrected chi connectivity index (χ4v) is 2.39. The SMILES string of the molecule is COCCCNC(=O)CN(C)C(=O)c1ccc(C)s1. The van der Waals surface area contributed by atoms with Crippen LogP contribution in [-0.2, 0) is 9.53 Å². The van der Waals surface area contributed by atoms with E-state index in [1.165, 1.54) is 16.2 Å². The van der Waals surface area contributed by atoms with Crippen molar-refractivity contribution >= 4 is 23.2 Å². The number of likely N-dealkylation sites (N-methyl/N-ethyl adjacent to an activating group) is 1. The van der Waals surface area contributed by atoms with Crippen molar-refractivity contribution in [2.75, 3.05) is 33.9 Å². The van der Waals surface area contributed by atoms with Crippen molar-refractivity contribution < 1.29 is 14.3 Å². The van der Waals surface area contributed by atoms with E-state index < -0.39 is 0 Å². The molecule has 0 fully saturated rings. The van der Waals surface area contributed by atoms with E-state index in [1.54, 1.807) is 20.2 Å². The molecule has 0 bridgehead atoms. The molecular formula is C13H20N2O3S. The molecule has 1 N–H and O–H groups in total. The molecule has 0 aliphatic rings. The Morgan fingerprint density at radius 2 is 2.16 bits per heavy atom. The molecule has 2 amide bonds. The van der Waals surface area contributed by atoms with E-state index in [-0.39, 0.29) is 18.4 Å². The first-order chi connectivity index (χ1) is 9.04. The number of carbonyl (C=O) groups is 2.